The molecule has 1 unspecified atom stereocenters. The van der Waals surface area contributed by atoms with Crippen LogP contribution in [0.25, 0.3) is 5.76 Å². The molecular formula is C20H19ClN2O4. The number of methoxy groups -OCH3 is 1. The first kappa shape index (κ1) is 19.1. The van der Waals surface area contributed by atoms with Crippen molar-refractivity contribution in [1.82, 2.24) is 9.88 Å². The van der Waals surface area contributed by atoms with Crippen LogP contribution in [-0.4, -0.2) is 46.9 Å². The molecule has 140 valence electrons. The van der Waals surface area contributed by atoms with Gasteiger partial charge in [-0.25, -0.2) is 0 Å². The number of hydrogen-bond acceptors (Lipinski definition) is 5. The average molecular weight is 387 g/mol. The number of aliphatic hydroxyl groups is 1. The Balaban J connectivity index is 2.10. The van der Waals surface area contributed by atoms with E-state index in [1.807, 2.05) is 0 Å². The van der Waals surface area contributed by atoms with Gasteiger partial charge in [-0.1, -0.05) is 23.7 Å². The zero-order chi connectivity index (χ0) is 19.4. The van der Waals surface area contributed by atoms with Crippen molar-refractivity contribution in [2.75, 3.05) is 20.3 Å². The van der Waals surface area contributed by atoms with Crippen LogP contribution in [0, 0.1) is 0 Å². The fourth-order valence-corrected chi connectivity index (χ4v) is 3.27. The fourth-order valence-electron chi connectivity index (χ4n) is 3.15. The normalized spacial score (nSPS) is 18.9. The van der Waals surface area contributed by atoms with E-state index in [1.54, 1.807) is 43.5 Å². The smallest absolute Gasteiger partial charge is 0.295 e. The van der Waals surface area contributed by atoms with E-state index < -0.39 is 17.7 Å². The van der Waals surface area contributed by atoms with Gasteiger partial charge in [0.15, 0.2) is 0 Å². The maximum atomic E-state index is 12.7. The number of hydrogen-bond donors (Lipinski definition) is 1. The third-order valence-electron chi connectivity index (χ3n) is 4.43. The molecule has 1 aromatic heterocycles. The predicted octanol–water partition coefficient (Wildman–Crippen LogP) is 3.19. The highest BCUT2D eigenvalue weighted by Gasteiger charge is 2.45. The van der Waals surface area contributed by atoms with Crippen molar-refractivity contribution in [3.05, 3.63) is 70.5 Å². The molecule has 0 saturated carbocycles. The lowest BCUT2D eigenvalue weighted by molar-refractivity contribution is -0.140. The minimum absolute atomic E-state index is 0.0611. The van der Waals surface area contributed by atoms with Gasteiger partial charge >= 0.3 is 0 Å². The third kappa shape index (κ3) is 3.86. The van der Waals surface area contributed by atoms with Crippen LogP contribution in [0.15, 0.2) is 54.4 Å². The van der Waals surface area contributed by atoms with Crippen molar-refractivity contribution in [2.24, 2.45) is 0 Å². The highest BCUT2D eigenvalue weighted by atomic mass is 35.5. The number of pyridine rings is 1. The van der Waals surface area contributed by atoms with E-state index in [2.05, 4.69) is 4.98 Å². The van der Waals surface area contributed by atoms with Crippen LogP contribution in [0.5, 0.6) is 0 Å². The Morgan fingerprint density at radius 2 is 1.85 bits per heavy atom. The Kier molecular flexibility index (Phi) is 5.88. The number of aliphatic hydroxyl groups excluding tert-OH is 1. The van der Waals surface area contributed by atoms with Gasteiger partial charge in [0.2, 0.25) is 0 Å². The standard InChI is InChI=1S/C20H19ClN2O4/c1-27-12-2-11-23-17(13-3-5-15(21)6-4-13)16(19(25)20(23)26)18(24)14-7-9-22-10-8-14/h3-10,17,24H,2,11-12H2,1H3/b18-16-. The highest BCUT2D eigenvalue weighted by molar-refractivity contribution is 6.46. The quantitative estimate of drug-likeness (QED) is 0.357. The summed E-state index contributed by atoms with van der Waals surface area (Å²) in [6.07, 6.45) is 3.60. The molecule has 1 aliphatic heterocycles. The Morgan fingerprint density at radius 3 is 2.48 bits per heavy atom. The minimum Gasteiger partial charge on any atom is -0.507 e. The van der Waals surface area contributed by atoms with Gasteiger partial charge in [0.1, 0.15) is 5.76 Å². The van der Waals surface area contributed by atoms with Crippen molar-refractivity contribution in [3.63, 3.8) is 0 Å². The molecule has 1 aromatic carbocycles. The van der Waals surface area contributed by atoms with Gasteiger partial charge in [0.25, 0.3) is 11.7 Å². The van der Waals surface area contributed by atoms with Gasteiger partial charge in [-0.2, -0.15) is 0 Å². The van der Waals surface area contributed by atoms with Crippen molar-refractivity contribution in [3.8, 4) is 0 Å². The summed E-state index contributed by atoms with van der Waals surface area (Å²) in [6.45, 7) is 0.791. The van der Waals surface area contributed by atoms with E-state index >= 15 is 0 Å². The summed E-state index contributed by atoms with van der Waals surface area (Å²) in [7, 11) is 1.58. The van der Waals surface area contributed by atoms with E-state index in [0.29, 0.717) is 35.7 Å². The van der Waals surface area contributed by atoms with Crippen molar-refractivity contribution >= 4 is 29.1 Å². The molecular weight excluding hydrogens is 368 g/mol. The lowest BCUT2D eigenvalue weighted by Crippen LogP contribution is -2.31. The number of aromatic nitrogens is 1. The molecule has 0 aliphatic carbocycles. The second-order valence-electron chi connectivity index (χ2n) is 6.13. The molecule has 0 spiro atoms. The Labute approximate surface area is 162 Å². The lowest BCUT2D eigenvalue weighted by atomic mass is 9.95. The minimum atomic E-state index is -0.707. The molecule has 1 fully saturated rings. The fraction of sp³-hybridized carbons (Fsp3) is 0.250. The number of likely N-dealkylation sites (tertiary alicyclic amines) is 1. The lowest BCUT2D eigenvalue weighted by Gasteiger charge is -2.25. The van der Waals surface area contributed by atoms with Crippen LogP contribution >= 0.6 is 11.6 Å². The molecule has 1 N–H and O–H groups in total. The molecule has 2 heterocycles. The van der Waals surface area contributed by atoms with Crippen LogP contribution in [-0.2, 0) is 14.3 Å². The summed E-state index contributed by atoms with van der Waals surface area (Å²) >= 11 is 5.98. The van der Waals surface area contributed by atoms with Crippen LogP contribution in [0.2, 0.25) is 5.02 Å². The van der Waals surface area contributed by atoms with Crippen LogP contribution in [0.1, 0.15) is 23.6 Å². The van der Waals surface area contributed by atoms with E-state index in [9.17, 15) is 14.7 Å². The van der Waals surface area contributed by atoms with Crippen LogP contribution in [0.3, 0.4) is 0 Å². The molecule has 6 nitrogen and oxygen atoms in total. The van der Waals surface area contributed by atoms with Crippen molar-refractivity contribution < 1.29 is 19.4 Å². The number of ketones is 1. The number of ether oxygens (including phenoxy) is 1. The number of nitrogens with zero attached hydrogens (tertiary/aromatic N) is 2. The van der Waals surface area contributed by atoms with Crippen LogP contribution < -0.4 is 0 Å². The number of Topliss-reactive ketones (excluding diaryl/α,β-unsaturated/α-hetero) is 1. The third-order valence-corrected chi connectivity index (χ3v) is 4.68. The predicted molar refractivity (Wildman–Crippen MR) is 101 cm³/mol. The largest absolute Gasteiger partial charge is 0.507 e. The number of halogens is 1. The van der Waals surface area contributed by atoms with E-state index in [-0.39, 0.29) is 11.3 Å². The molecule has 7 heteroatoms. The number of carbonyl (C=O) groups is 2. The molecule has 27 heavy (non-hydrogen) atoms. The van der Waals surface area contributed by atoms with Gasteiger partial charge in [-0.15, -0.1) is 0 Å². The molecule has 2 aromatic rings. The Bertz CT molecular complexity index is 865. The summed E-state index contributed by atoms with van der Waals surface area (Å²) in [6, 6.07) is 9.38. The number of benzene rings is 1. The van der Waals surface area contributed by atoms with Gasteiger partial charge in [-0.3, -0.25) is 14.6 Å². The summed E-state index contributed by atoms with van der Waals surface area (Å²) in [5.41, 5.74) is 1.19. The topological polar surface area (TPSA) is 79.7 Å². The highest BCUT2D eigenvalue weighted by Crippen LogP contribution is 2.39. The van der Waals surface area contributed by atoms with Crippen molar-refractivity contribution in [2.45, 2.75) is 12.5 Å². The summed E-state index contributed by atoms with van der Waals surface area (Å²) in [5.74, 6) is -1.56. The summed E-state index contributed by atoms with van der Waals surface area (Å²) < 4.78 is 5.06. The molecule has 1 saturated heterocycles. The first-order valence-electron chi connectivity index (χ1n) is 8.47. The second kappa shape index (κ2) is 8.33. The van der Waals surface area contributed by atoms with Crippen molar-refractivity contribution in [1.29, 1.82) is 0 Å². The second-order valence-corrected chi connectivity index (χ2v) is 6.56. The molecule has 1 amide bonds. The first-order valence-corrected chi connectivity index (χ1v) is 8.85. The maximum Gasteiger partial charge on any atom is 0.295 e. The number of rotatable bonds is 6. The SMILES string of the molecule is COCCCN1C(=O)C(=O)/C(=C(\O)c2ccncc2)C1c1ccc(Cl)cc1. The van der Waals surface area contributed by atoms with Crippen LogP contribution in [0.4, 0.5) is 0 Å². The van der Waals surface area contributed by atoms with Gasteiger partial charge in [-0.05, 0) is 36.2 Å². The molecule has 3 rings (SSSR count). The molecule has 1 atom stereocenters. The van der Waals surface area contributed by atoms with E-state index in [4.69, 9.17) is 16.3 Å². The van der Waals surface area contributed by atoms with E-state index in [0.717, 1.165) is 0 Å². The molecule has 0 radical (unpaired) electrons. The Hall–Kier alpha value is -2.70. The monoisotopic (exact) mass is 386 g/mol. The maximum absolute atomic E-state index is 12.7. The Morgan fingerprint density at radius 1 is 1.19 bits per heavy atom. The summed E-state index contributed by atoms with van der Waals surface area (Å²) in [5, 5.41) is 11.3. The van der Waals surface area contributed by atoms with Gasteiger partial charge < -0.3 is 14.7 Å². The van der Waals surface area contributed by atoms with E-state index in [1.165, 1.54) is 17.3 Å². The number of carbonyl (C=O) groups excluding carboxylic acids is 2. The molecule has 0 bridgehead atoms. The zero-order valence-electron chi connectivity index (χ0n) is 14.8. The average Bonchev–Trinajstić information content (AvgIpc) is 2.94. The van der Waals surface area contributed by atoms with Gasteiger partial charge in [0, 0.05) is 43.2 Å². The zero-order valence-corrected chi connectivity index (χ0v) is 15.5. The van der Waals surface area contributed by atoms with Gasteiger partial charge in [0.05, 0.1) is 11.6 Å². The number of amides is 1. The first-order chi connectivity index (χ1) is 13.0. The molecule has 1 aliphatic rings. The summed E-state index contributed by atoms with van der Waals surface area (Å²) in [4.78, 5) is 30.8.